The number of piperidine rings is 1. The zero-order valence-corrected chi connectivity index (χ0v) is 11.0. The predicted octanol–water partition coefficient (Wildman–Crippen LogP) is 1.67. The third-order valence-electron chi connectivity index (χ3n) is 3.39. The van der Waals surface area contributed by atoms with Crippen LogP contribution in [0.1, 0.15) is 30.7 Å². The van der Waals surface area contributed by atoms with Gasteiger partial charge in [-0.3, -0.25) is 4.98 Å². The Morgan fingerprint density at radius 2 is 2.24 bits per heavy atom. The summed E-state index contributed by atoms with van der Waals surface area (Å²) in [5.74, 6) is 1.07. The van der Waals surface area contributed by atoms with E-state index in [-0.39, 0.29) is 0 Å². The van der Waals surface area contributed by atoms with E-state index < -0.39 is 0 Å². The fourth-order valence-corrected chi connectivity index (χ4v) is 2.52. The van der Waals surface area contributed by atoms with E-state index in [1.807, 2.05) is 27.1 Å². The average Bonchev–Trinajstić information content (AvgIpc) is 2.34. The van der Waals surface area contributed by atoms with Crippen LogP contribution >= 0.6 is 0 Å². The summed E-state index contributed by atoms with van der Waals surface area (Å²) in [6, 6.07) is 0.559. The van der Waals surface area contributed by atoms with Crippen LogP contribution in [0.15, 0.2) is 6.20 Å². The number of anilines is 1. The molecule has 2 rings (SSSR count). The highest BCUT2D eigenvalue weighted by atomic mass is 15.2. The van der Waals surface area contributed by atoms with Crippen molar-refractivity contribution in [2.24, 2.45) is 0 Å². The van der Waals surface area contributed by atoms with Crippen LogP contribution < -0.4 is 10.2 Å². The van der Waals surface area contributed by atoms with E-state index in [0.29, 0.717) is 6.04 Å². The molecule has 0 saturated carbocycles. The van der Waals surface area contributed by atoms with Gasteiger partial charge in [0.25, 0.3) is 0 Å². The van der Waals surface area contributed by atoms with Crippen LogP contribution in [0.25, 0.3) is 0 Å². The molecule has 1 saturated heterocycles. The van der Waals surface area contributed by atoms with Crippen molar-refractivity contribution >= 4 is 5.82 Å². The molecule has 0 bridgehead atoms. The Hall–Kier alpha value is -1.16. The first kappa shape index (κ1) is 12.3. The minimum Gasteiger partial charge on any atom is -0.351 e. The SMILES string of the molecule is CNCC1CCCCN1c1nc(C)cnc1C. The maximum atomic E-state index is 4.66. The third-order valence-corrected chi connectivity index (χ3v) is 3.39. The van der Waals surface area contributed by atoms with E-state index in [9.17, 15) is 0 Å². The standard InChI is InChI=1S/C13H22N4/c1-10-8-15-11(2)13(16-10)17-7-5-4-6-12(17)9-14-3/h8,12,14H,4-7,9H2,1-3H3. The summed E-state index contributed by atoms with van der Waals surface area (Å²) in [6.07, 6.45) is 5.67. The molecular weight excluding hydrogens is 212 g/mol. The summed E-state index contributed by atoms with van der Waals surface area (Å²) in [5, 5.41) is 3.28. The summed E-state index contributed by atoms with van der Waals surface area (Å²) in [4.78, 5) is 11.5. The van der Waals surface area contributed by atoms with Crippen LogP contribution in [0.4, 0.5) is 5.82 Å². The minimum absolute atomic E-state index is 0.559. The fraction of sp³-hybridized carbons (Fsp3) is 0.692. The van der Waals surface area contributed by atoms with Crippen molar-refractivity contribution < 1.29 is 0 Å². The van der Waals surface area contributed by atoms with E-state index in [0.717, 1.165) is 30.3 Å². The summed E-state index contributed by atoms with van der Waals surface area (Å²) < 4.78 is 0. The van der Waals surface area contributed by atoms with Crippen LogP contribution in [-0.2, 0) is 0 Å². The molecule has 0 aromatic carbocycles. The molecule has 1 aromatic heterocycles. The molecule has 94 valence electrons. The second-order valence-corrected chi connectivity index (χ2v) is 4.82. The Morgan fingerprint density at radius 1 is 1.41 bits per heavy atom. The van der Waals surface area contributed by atoms with Crippen LogP contribution in [0.2, 0.25) is 0 Å². The van der Waals surface area contributed by atoms with E-state index in [1.54, 1.807) is 0 Å². The maximum absolute atomic E-state index is 4.66. The largest absolute Gasteiger partial charge is 0.351 e. The molecule has 0 amide bonds. The number of aromatic nitrogens is 2. The lowest BCUT2D eigenvalue weighted by atomic mass is 10.0. The van der Waals surface area contributed by atoms with Gasteiger partial charge in [-0.1, -0.05) is 0 Å². The Kier molecular flexibility index (Phi) is 3.94. The van der Waals surface area contributed by atoms with Gasteiger partial charge in [0.1, 0.15) is 0 Å². The van der Waals surface area contributed by atoms with Crippen molar-refractivity contribution in [3.63, 3.8) is 0 Å². The summed E-state index contributed by atoms with van der Waals surface area (Å²) in [6.45, 7) is 6.18. The number of rotatable bonds is 3. The second-order valence-electron chi connectivity index (χ2n) is 4.82. The molecule has 17 heavy (non-hydrogen) atoms. The second kappa shape index (κ2) is 5.45. The van der Waals surface area contributed by atoms with Crippen molar-refractivity contribution in [1.29, 1.82) is 0 Å². The van der Waals surface area contributed by atoms with Crippen LogP contribution in [0.3, 0.4) is 0 Å². The molecule has 0 radical (unpaired) electrons. The van der Waals surface area contributed by atoms with E-state index in [4.69, 9.17) is 0 Å². The van der Waals surface area contributed by atoms with E-state index in [1.165, 1.54) is 19.3 Å². The monoisotopic (exact) mass is 234 g/mol. The first-order valence-electron chi connectivity index (χ1n) is 6.44. The fourth-order valence-electron chi connectivity index (χ4n) is 2.52. The molecule has 1 aliphatic heterocycles. The van der Waals surface area contributed by atoms with Crippen LogP contribution in [-0.4, -0.2) is 36.1 Å². The topological polar surface area (TPSA) is 41.0 Å². The first-order chi connectivity index (χ1) is 8.22. The Labute approximate surface area is 103 Å². The molecule has 4 nitrogen and oxygen atoms in total. The Balaban J connectivity index is 2.25. The highest BCUT2D eigenvalue weighted by Gasteiger charge is 2.24. The smallest absolute Gasteiger partial charge is 0.150 e. The molecule has 0 spiro atoms. The summed E-state index contributed by atoms with van der Waals surface area (Å²) in [5.41, 5.74) is 2.04. The van der Waals surface area contributed by atoms with Gasteiger partial charge < -0.3 is 10.2 Å². The number of nitrogens with one attached hydrogen (secondary N) is 1. The molecule has 1 unspecified atom stereocenters. The minimum atomic E-state index is 0.559. The van der Waals surface area contributed by atoms with Crippen molar-refractivity contribution in [2.75, 3.05) is 25.0 Å². The predicted molar refractivity (Wildman–Crippen MR) is 70.4 cm³/mol. The molecule has 1 N–H and O–H groups in total. The zero-order chi connectivity index (χ0) is 12.3. The van der Waals surface area contributed by atoms with Crippen molar-refractivity contribution in [3.8, 4) is 0 Å². The molecule has 1 aromatic rings. The van der Waals surface area contributed by atoms with Gasteiger partial charge in [-0.05, 0) is 40.2 Å². The number of hydrogen-bond donors (Lipinski definition) is 1. The molecule has 2 heterocycles. The normalized spacial score (nSPS) is 20.6. The summed E-state index contributed by atoms with van der Waals surface area (Å²) >= 11 is 0. The quantitative estimate of drug-likeness (QED) is 0.864. The molecule has 1 aliphatic rings. The van der Waals surface area contributed by atoms with Gasteiger partial charge in [0.2, 0.25) is 0 Å². The highest BCUT2D eigenvalue weighted by molar-refractivity contribution is 5.45. The molecule has 1 atom stereocenters. The lowest BCUT2D eigenvalue weighted by Crippen LogP contribution is -2.45. The van der Waals surface area contributed by atoms with Gasteiger partial charge in [-0.15, -0.1) is 0 Å². The van der Waals surface area contributed by atoms with E-state index in [2.05, 4.69) is 20.2 Å². The molecule has 1 fully saturated rings. The molecule has 0 aliphatic carbocycles. The van der Waals surface area contributed by atoms with Gasteiger partial charge in [0, 0.05) is 25.3 Å². The highest BCUT2D eigenvalue weighted by Crippen LogP contribution is 2.24. The lowest BCUT2D eigenvalue weighted by Gasteiger charge is -2.37. The third kappa shape index (κ3) is 2.75. The Morgan fingerprint density at radius 3 is 3.00 bits per heavy atom. The zero-order valence-electron chi connectivity index (χ0n) is 11.0. The number of nitrogens with zero attached hydrogens (tertiary/aromatic N) is 3. The van der Waals surface area contributed by atoms with Crippen molar-refractivity contribution in [2.45, 2.75) is 39.2 Å². The number of aryl methyl sites for hydroxylation is 2. The van der Waals surface area contributed by atoms with Gasteiger partial charge >= 0.3 is 0 Å². The number of hydrogen-bond acceptors (Lipinski definition) is 4. The Bertz CT molecular complexity index is 376. The van der Waals surface area contributed by atoms with E-state index >= 15 is 0 Å². The van der Waals surface area contributed by atoms with Gasteiger partial charge in [-0.2, -0.15) is 0 Å². The average molecular weight is 234 g/mol. The van der Waals surface area contributed by atoms with Crippen molar-refractivity contribution in [3.05, 3.63) is 17.6 Å². The lowest BCUT2D eigenvalue weighted by molar-refractivity contribution is 0.442. The molecule has 4 heteroatoms. The molecular formula is C13H22N4. The first-order valence-corrected chi connectivity index (χ1v) is 6.44. The van der Waals surface area contributed by atoms with Gasteiger partial charge in [0.05, 0.1) is 11.4 Å². The number of likely N-dealkylation sites (N-methyl/N-ethyl adjacent to an activating group) is 1. The van der Waals surface area contributed by atoms with Crippen LogP contribution in [0, 0.1) is 13.8 Å². The maximum Gasteiger partial charge on any atom is 0.150 e. The van der Waals surface area contributed by atoms with Gasteiger partial charge in [-0.25, -0.2) is 4.98 Å². The summed E-state index contributed by atoms with van der Waals surface area (Å²) in [7, 11) is 2.02. The van der Waals surface area contributed by atoms with Crippen LogP contribution in [0.5, 0.6) is 0 Å². The van der Waals surface area contributed by atoms with Gasteiger partial charge in [0.15, 0.2) is 5.82 Å². The van der Waals surface area contributed by atoms with Crippen molar-refractivity contribution in [1.82, 2.24) is 15.3 Å².